The van der Waals surface area contributed by atoms with Gasteiger partial charge in [-0.1, -0.05) is 0 Å². The van der Waals surface area contributed by atoms with E-state index in [1.54, 1.807) is 0 Å². The fraction of sp³-hybridized carbons (Fsp3) is 0.462. The Balaban J connectivity index is 2.68. The van der Waals surface area contributed by atoms with Crippen LogP contribution in [0.15, 0.2) is 18.2 Å². The number of hydrogen-bond donors (Lipinski definition) is 1. The van der Waals surface area contributed by atoms with Crippen molar-refractivity contribution < 1.29 is 27.8 Å². The molecule has 3 nitrogen and oxygen atoms in total. The van der Waals surface area contributed by atoms with Crippen LogP contribution in [-0.2, 0) is 10.7 Å². The normalized spacial score (nSPS) is 11.4. The molecule has 0 atom stereocenters. The molecule has 1 N–H and O–H groups in total. The predicted octanol–water partition coefficient (Wildman–Crippen LogP) is 3.57. The van der Waals surface area contributed by atoms with E-state index in [0.29, 0.717) is 0 Å². The Labute approximate surface area is 109 Å². The second-order valence-corrected chi connectivity index (χ2v) is 4.15. The highest BCUT2D eigenvalue weighted by molar-refractivity contribution is 5.66. The van der Waals surface area contributed by atoms with Crippen molar-refractivity contribution in [3.63, 3.8) is 0 Å². The molecule has 0 bridgehead atoms. The number of aliphatic carboxylic acids is 1. The molecule has 0 spiro atoms. The maximum atomic E-state index is 13.7. The first-order valence-electron chi connectivity index (χ1n) is 5.80. The molecule has 0 radical (unpaired) electrons. The van der Waals surface area contributed by atoms with Gasteiger partial charge in [-0.2, -0.15) is 0 Å². The van der Waals surface area contributed by atoms with E-state index in [1.807, 2.05) is 0 Å². The maximum Gasteiger partial charge on any atom is 0.303 e. The molecule has 1 aromatic rings. The minimum absolute atomic E-state index is 0.0186. The van der Waals surface area contributed by atoms with Crippen LogP contribution >= 0.6 is 0 Å². The maximum absolute atomic E-state index is 13.7. The minimum atomic E-state index is -3.31. The molecule has 6 heteroatoms. The van der Waals surface area contributed by atoms with Crippen molar-refractivity contribution in [3.8, 4) is 5.75 Å². The number of ether oxygens (including phenoxy) is 1. The van der Waals surface area contributed by atoms with Crippen LogP contribution in [0.25, 0.3) is 0 Å². The van der Waals surface area contributed by atoms with Gasteiger partial charge in [0.15, 0.2) is 0 Å². The van der Waals surface area contributed by atoms with Crippen molar-refractivity contribution in [2.75, 3.05) is 7.11 Å². The third-order valence-corrected chi connectivity index (χ3v) is 2.70. The number of unbranched alkanes of at least 4 members (excludes halogenated alkanes) is 1. The third kappa shape index (κ3) is 4.46. The zero-order valence-electron chi connectivity index (χ0n) is 10.5. The molecule has 0 unspecified atom stereocenters. The van der Waals surface area contributed by atoms with Gasteiger partial charge in [0.25, 0.3) is 5.92 Å². The fourth-order valence-electron chi connectivity index (χ4n) is 1.68. The van der Waals surface area contributed by atoms with Crippen LogP contribution in [-0.4, -0.2) is 18.2 Å². The molecule has 0 heterocycles. The van der Waals surface area contributed by atoms with Crippen LogP contribution in [0.3, 0.4) is 0 Å². The molecule has 0 amide bonds. The molecular weight excluding hydrogens is 261 g/mol. The number of carboxylic acids is 1. The summed E-state index contributed by atoms with van der Waals surface area (Å²) in [6.07, 6.45) is -0.585. The van der Waals surface area contributed by atoms with Gasteiger partial charge in [-0.05, 0) is 25.0 Å². The lowest BCUT2D eigenvalue weighted by atomic mass is 10.0. The number of halogens is 3. The van der Waals surface area contributed by atoms with Gasteiger partial charge in [0.05, 0.1) is 12.7 Å². The van der Waals surface area contributed by atoms with E-state index in [0.717, 1.165) is 12.1 Å². The molecule has 1 rings (SSSR count). The van der Waals surface area contributed by atoms with Crippen LogP contribution < -0.4 is 4.74 Å². The highest BCUT2D eigenvalue weighted by Crippen LogP contribution is 2.36. The largest absolute Gasteiger partial charge is 0.497 e. The predicted molar refractivity (Wildman–Crippen MR) is 62.9 cm³/mol. The van der Waals surface area contributed by atoms with Crippen molar-refractivity contribution in [3.05, 3.63) is 29.6 Å². The highest BCUT2D eigenvalue weighted by Gasteiger charge is 2.33. The quantitative estimate of drug-likeness (QED) is 0.774. The topological polar surface area (TPSA) is 46.5 Å². The monoisotopic (exact) mass is 276 g/mol. The summed E-state index contributed by atoms with van der Waals surface area (Å²) in [4.78, 5) is 10.3. The van der Waals surface area contributed by atoms with Crippen molar-refractivity contribution >= 4 is 5.97 Å². The van der Waals surface area contributed by atoms with E-state index in [-0.39, 0.29) is 25.0 Å². The van der Waals surface area contributed by atoms with Gasteiger partial charge in [-0.25, -0.2) is 13.2 Å². The Hall–Kier alpha value is -1.72. The van der Waals surface area contributed by atoms with Crippen LogP contribution in [0.1, 0.15) is 31.2 Å². The zero-order valence-corrected chi connectivity index (χ0v) is 10.5. The number of alkyl halides is 2. The lowest BCUT2D eigenvalue weighted by Crippen LogP contribution is -2.15. The number of methoxy groups -OCH3 is 1. The lowest BCUT2D eigenvalue weighted by molar-refractivity contribution is -0.137. The Bertz CT molecular complexity index is 447. The van der Waals surface area contributed by atoms with Crippen molar-refractivity contribution in [1.82, 2.24) is 0 Å². The average molecular weight is 276 g/mol. The summed E-state index contributed by atoms with van der Waals surface area (Å²) in [7, 11) is 1.32. The van der Waals surface area contributed by atoms with Gasteiger partial charge < -0.3 is 9.84 Å². The van der Waals surface area contributed by atoms with Gasteiger partial charge >= 0.3 is 5.97 Å². The highest BCUT2D eigenvalue weighted by atomic mass is 19.3. The van der Waals surface area contributed by atoms with Gasteiger partial charge in [0.1, 0.15) is 11.6 Å². The average Bonchev–Trinajstić information content (AvgIpc) is 2.34. The third-order valence-electron chi connectivity index (χ3n) is 2.70. The Morgan fingerprint density at radius 2 is 2.05 bits per heavy atom. The molecule has 0 saturated heterocycles. The van der Waals surface area contributed by atoms with E-state index in [1.165, 1.54) is 13.2 Å². The second-order valence-electron chi connectivity index (χ2n) is 4.15. The minimum Gasteiger partial charge on any atom is -0.497 e. The molecule has 0 aliphatic carbocycles. The van der Waals surface area contributed by atoms with Crippen LogP contribution in [0, 0.1) is 5.82 Å². The summed E-state index contributed by atoms with van der Waals surface area (Å²) in [5.41, 5.74) is -0.691. The van der Waals surface area contributed by atoms with E-state index in [9.17, 15) is 18.0 Å². The lowest BCUT2D eigenvalue weighted by Gasteiger charge is -2.17. The van der Waals surface area contributed by atoms with E-state index >= 15 is 0 Å². The van der Waals surface area contributed by atoms with E-state index < -0.39 is 29.7 Å². The molecule has 19 heavy (non-hydrogen) atoms. The van der Waals surface area contributed by atoms with Gasteiger partial charge in [-0.3, -0.25) is 4.79 Å². The Kier molecular flexibility index (Phi) is 5.20. The molecule has 106 valence electrons. The smallest absolute Gasteiger partial charge is 0.303 e. The first-order chi connectivity index (χ1) is 8.86. The Morgan fingerprint density at radius 1 is 1.37 bits per heavy atom. The molecule has 0 aromatic heterocycles. The molecule has 0 saturated carbocycles. The first-order valence-corrected chi connectivity index (χ1v) is 5.80. The summed E-state index contributed by atoms with van der Waals surface area (Å²) >= 11 is 0. The van der Waals surface area contributed by atoms with E-state index in [4.69, 9.17) is 9.84 Å². The molecule has 0 aliphatic rings. The molecule has 0 aliphatic heterocycles. The van der Waals surface area contributed by atoms with Crippen LogP contribution in [0.2, 0.25) is 0 Å². The number of carbonyl (C=O) groups is 1. The SMILES string of the molecule is COc1ccc(C(F)(F)CCCCC(=O)O)c(F)c1. The summed E-state index contributed by atoms with van der Waals surface area (Å²) < 4.78 is 45.8. The summed E-state index contributed by atoms with van der Waals surface area (Å²) in [6, 6.07) is 3.16. The molecule has 1 aromatic carbocycles. The first kappa shape index (κ1) is 15.3. The number of benzene rings is 1. The van der Waals surface area contributed by atoms with Gasteiger partial charge in [-0.15, -0.1) is 0 Å². The van der Waals surface area contributed by atoms with Gasteiger partial charge in [0.2, 0.25) is 0 Å². The van der Waals surface area contributed by atoms with Crippen molar-refractivity contribution in [1.29, 1.82) is 0 Å². The molecule has 0 fully saturated rings. The second kappa shape index (κ2) is 6.45. The van der Waals surface area contributed by atoms with E-state index in [2.05, 4.69) is 0 Å². The summed E-state index contributed by atoms with van der Waals surface area (Å²) in [5.74, 6) is -5.20. The number of carboxylic acid groups (broad SMARTS) is 1. The summed E-state index contributed by atoms with van der Waals surface area (Å²) in [6.45, 7) is 0. The zero-order chi connectivity index (χ0) is 14.5. The van der Waals surface area contributed by atoms with Crippen molar-refractivity contribution in [2.45, 2.75) is 31.6 Å². The standard InChI is InChI=1S/C13H15F3O3/c1-19-9-5-6-10(11(14)8-9)13(15,16)7-3-2-4-12(17)18/h5-6,8H,2-4,7H2,1H3,(H,17,18). The number of hydrogen-bond acceptors (Lipinski definition) is 2. The van der Waals surface area contributed by atoms with Gasteiger partial charge in [0, 0.05) is 18.9 Å². The van der Waals surface area contributed by atoms with Crippen molar-refractivity contribution in [2.24, 2.45) is 0 Å². The fourth-order valence-corrected chi connectivity index (χ4v) is 1.68. The Morgan fingerprint density at radius 3 is 2.58 bits per heavy atom. The summed E-state index contributed by atoms with van der Waals surface area (Å²) in [5, 5.41) is 8.40. The van der Waals surface area contributed by atoms with Crippen LogP contribution in [0.5, 0.6) is 5.75 Å². The number of rotatable bonds is 7. The van der Waals surface area contributed by atoms with Crippen LogP contribution in [0.4, 0.5) is 13.2 Å². The molecular formula is C13H15F3O3.